The smallest absolute Gasteiger partial charge is 0.169 e. The number of carbonyl (C=O) groups is 1. The molecule has 0 amide bonds. The Hall–Kier alpha value is -1.89. The molecule has 1 heteroatoms. The van der Waals surface area contributed by atoms with E-state index in [-0.39, 0.29) is 5.41 Å². The predicted molar refractivity (Wildman–Crippen MR) is 103 cm³/mol. The highest BCUT2D eigenvalue weighted by atomic mass is 16.1. The van der Waals surface area contributed by atoms with Crippen molar-refractivity contribution in [3.05, 3.63) is 58.7 Å². The van der Waals surface area contributed by atoms with Crippen molar-refractivity contribution >= 4 is 16.6 Å². The van der Waals surface area contributed by atoms with Crippen molar-refractivity contribution in [1.29, 1.82) is 0 Å². The fraction of sp³-hybridized carbons (Fsp3) is 0.458. The van der Waals surface area contributed by atoms with Gasteiger partial charge in [-0.1, -0.05) is 49.8 Å². The SMILES string of the molecule is CCC(C)c1ccc2cc3c(cc2c1)C(=O)C1(CC3)CC2=CCC1C2. The molecule has 0 saturated heterocycles. The average molecular weight is 330 g/mol. The van der Waals surface area contributed by atoms with E-state index in [4.69, 9.17) is 0 Å². The maximum Gasteiger partial charge on any atom is 0.169 e. The third kappa shape index (κ3) is 2.11. The first kappa shape index (κ1) is 15.4. The summed E-state index contributed by atoms with van der Waals surface area (Å²) in [6.07, 6.45) is 8.98. The van der Waals surface area contributed by atoms with Crippen molar-refractivity contribution in [2.75, 3.05) is 0 Å². The summed E-state index contributed by atoms with van der Waals surface area (Å²) in [6.45, 7) is 4.52. The summed E-state index contributed by atoms with van der Waals surface area (Å²) in [7, 11) is 0. The molecule has 5 rings (SSSR count). The summed E-state index contributed by atoms with van der Waals surface area (Å²) in [5.74, 6) is 1.59. The first-order chi connectivity index (χ1) is 12.1. The topological polar surface area (TPSA) is 17.1 Å². The van der Waals surface area contributed by atoms with Crippen molar-refractivity contribution in [3.8, 4) is 0 Å². The number of Topliss-reactive ketones (excluding diaryl/α,β-unsaturated/α-hetero) is 1. The number of benzene rings is 2. The van der Waals surface area contributed by atoms with E-state index in [1.165, 1.54) is 28.3 Å². The zero-order valence-electron chi connectivity index (χ0n) is 15.3. The molecular formula is C24H26O. The maximum absolute atomic E-state index is 13.5. The molecule has 3 unspecified atom stereocenters. The summed E-state index contributed by atoms with van der Waals surface area (Å²) < 4.78 is 0. The molecule has 3 aliphatic rings. The Balaban J connectivity index is 1.61. The van der Waals surface area contributed by atoms with Gasteiger partial charge < -0.3 is 0 Å². The molecule has 2 aromatic carbocycles. The highest BCUT2D eigenvalue weighted by molar-refractivity contribution is 6.06. The lowest BCUT2D eigenvalue weighted by Crippen LogP contribution is -2.39. The molecule has 1 nitrogen and oxygen atoms in total. The number of carbonyl (C=O) groups excluding carboxylic acids is 1. The van der Waals surface area contributed by atoms with Crippen LogP contribution in [0.15, 0.2) is 42.0 Å². The van der Waals surface area contributed by atoms with Crippen LogP contribution in [0.1, 0.15) is 73.4 Å². The fourth-order valence-electron chi connectivity index (χ4n) is 5.53. The van der Waals surface area contributed by atoms with Crippen molar-refractivity contribution in [3.63, 3.8) is 0 Å². The second kappa shape index (κ2) is 5.30. The normalized spacial score (nSPS) is 28.5. The van der Waals surface area contributed by atoms with Crippen LogP contribution in [0.2, 0.25) is 0 Å². The number of fused-ring (bicyclic) bond motifs is 5. The van der Waals surface area contributed by atoms with Gasteiger partial charge in [0, 0.05) is 11.0 Å². The molecule has 3 atom stereocenters. The summed E-state index contributed by atoms with van der Waals surface area (Å²) in [6, 6.07) is 11.3. The van der Waals surface area contributed by atoms with Crippen molar-refractivity contribution in [2.24, 2.45) is 11.3 Å². The molecule has 0 heterocycles. The Morgan fingerprint density at radius 2 is 2.08 bits per heavy atom. The van der Waals surface area contributed by atoms with Crippen LogP contribution in [0.25, 0.3) is 10.8 Å². The van der Waals surface area contributed by atoms with Gasteiger partial charge in [0.15, 0.2) is 5.78 Å². The minimum absolute atomic E-state index is 0.0704. The summed E-state index contributed by atoms with van der Waals surface area (Å²) in [4.78, 5) is 13.5. The Morgan fingerprint density at radius 3 is 2.80 bits per heavy atom. The third-order valence-electron chi connectivity index (χ3n) is 7.33. The number of aryl methyl sites for hydroxylation is 1. The van der Waals surface area contributed by atoms with Crippen molar-refractivity contribution in [2.45, 2.75) is 58.3 Å². The molecular weight excluding hydrogens is 304 g/mol. The minimum atomic E-state index is -0.0704. The van der Waals surface area contributed by atoms with E-state index in [1.807, 2.05) is 0 Å². The van der Waals surface area contributed by atoms with E-state index in [9.17, 15) is 4.79 Å². The summed E-state index contributed by atoms with van der Waals surface area (Å²) in [5, 5.41) is 2.52. The highest BCUT2D eigenvalue weighted by Crippen LogP contribution is 2.58. The largest absolute Gasteiger partial charge is 0.294 e. The first-order valence-corrected chi connectivity index (χ1v) is 9.90. The van der Waals surface area contributed by atoms with Gasteiger partial charge in [0.2, 0.25) is 0 Å². The molecule has 1 saturated carbocycles. The van der Waals surface area contributed by atoms with Gasteiger partial charge in [-0.05, 0) is 78.3 Å². The Morgan fingerprint density at radius 1 is 1.20 bits per heavy atom. The van der Waals surface area contributed by atoms with Crippen LogP contribution >= 0.6 is 0 Å². The predicted octanol–water partition coefficient (Wildman–Crippen LogP) is 6.21. The average Bonchev–Trinajstić information content (AvgIpc) is 3.24. The van der Waals surface area contributed by atoms with Crippen LogP contribution in [0, 0.1) is 11.3 Å². The van der Waals surface area contributed by atoms with E-state index in [0.717, 1.165) is 37.7 Å². The number of hydrogen-bond donors (Lipinski definition) is 0. The van der Waals surface area contributed by atoms with E-state index < -0.39 is 0 Å². The van der Waals surface area contributed by atoms with Gasteiger partial charge in [-0.2, -0.15) is 0 Å². The Kier molecular flexibility index (Phi) is 3.26. The molecule has 0 aromatic heterocycles. The van der Waals surface area contributed by atoms with E-state index in [1.54, 1.807) is 5.57 Å². The second-order valence-corrected chi connectivity index (χ2v) is 8.59. The molecule has 2 bridgehead atoms. The molecule has 0 aliphatic heterocycles. The summed E-state index contributed by atoms with van der Waals surface area (Å²) >= 11 is 0. The van der Waals surface area contributed by atoms with Gasteiger partial charge in [-0.25, -0.2) is 0 Å². The monoisotopic (exact) mass is 330 g/mol. The van der Waals surface area contributed by atoms with E-state index in [2.05, 4.69) is 50.3 Å². The molecule has 0 radical (unpaired) electrons. The second-order valence-electron chi connectivity index (χ2n) is 8.59. The quantitative estimate of drug-likeness (QED) is 0.598. The van der Waals surface area contributed by atoms with Crippen LogP contribution in [0.4, 0.5) is 0 Å². The first-order valence-electron chi connectivity index (χ1n) is 9.90. The number of rotatable bonds is 2. The van der Waals surface area contributed by atoms with Crippen LogP contribution in [-0.4, -0.2) is 5.78 Å². The number of hydrogen-bond acceptors (Lipinski definition) is 1. The molecule has 2 aromatic rings. The van der Waals surface area contributed by atoms with E-state index in [0.29, 0.717) is 17.6 Å². The zero-order valence-corrected chi connectivity index (χ0v) is 15.3. The lowest BCUT2D eigenvalue weighted by atomic mass is 9.63. The number of ketones is 1. The summed E-state index contributed by atoms with van der Waals surface area (Å²) in [5.41, 5.74) is 5.16. The maximum atomic E-state index is 13.5. The minimum Gasteiger partial charge on any atom is -0.294 e. The van der Waals surface area contributed by atoms with Crippen molar-refractivity contribution in [1.82, 2.24) is 0 Å². The van der Waals surface area contributed by atoms with Gasteiger partial charge >= 0.3 is 0 Å². The van der Waals surface area contributed by atoms with Gasteiger partial charge in [-0.15, -0.1) is 0 Å². The Labute approximate surface area is 150 Å². The molecule has 1 fully saturated rings. The van der Waals surface area contributed by atoms with Crippen LogP contribution in [-0.2, 0) is 6.42 Å². The van der Waals surface area contributed by atoms with Gasteiger partial charge in [0.25, 0.3) is 0 Å². The van der Waals surface area contributed by atoms with Gasteiger partial charge in [-0.3, -0.25) is 4.79 Å². The number of allylic oxidation sites excluding steroid dienone is 2. The molecule has 0 N–H and O–H groups in total. The van der Waals surface area contributed by atoms with Crippen LogP contribution in [0.5, 0.6) is 0 Å². The fourth-order valence-corrected chi connectivity index (χ4v) is 5.53. The molecule has 25 heavy (non-hydrogen) atoms. The van der Waals surface area contributed by atoms with Crippen molar-refractivity contribution < 1.29 is 4.79 Å². The third-order valence-corrected chi connectivity index (χ3v) is 7.33. The van der Waals surface area contributed by atoms with E-state index >= 15 is 0 Å². The van der Waals surface area contributed by atoms with Gasteiger partial charge in [0.1, 0.15) is 0 Å². The Bertz CT molecular complexity index is 919. The highest BCUT2D eigenvalue weighted by Gasteiger charge is 2.53. The van der Waals surface area contributed by atoms with Crippen LogP contribution in [0.3, 0.4) is 0 Å². The lowest BCUT2D eigenvalue weighted by molar-refractivity contribution is 0.0671. The molecule has 1 spiro atoms. The molecule has 3 aliphatic carbocycles. The van der Waals surface area contributed by atoms with Gasteiger partial charge in [0.05, 0.1) is 0 Å². The standard InChI is InChI=1S/C24H26O/c1-3-15(2)17-5-6-18-12-19-8-9-24(14-16-4-7-21(24)10-16)23(25)22(19)13-20(18)11-17/h4-6,11-13,15,21H,3,7-10,14H2,1-2H3. The zero-order chi connectivity index (χ0) is 17.2. The van der Waals surface area contributed by atoms with Crippen LogP contribution < -0.4 is 0 Å². The lowest BCUT2D eigenvalue weighted by Gasteiger charge is -2.39. The molecule has 128 valence electrons.